The molecule has 0 heterocycles. The molecule has 0 unspecified atom stereocenters. The minimum Gasteiger partial charge on any atom is -0.349 e. The number of anilines is 1. The molecule has 3 aromatic rings. The SMILES string of the molecule is O=C(NC1CCC1)c1cccc(N(Cc2ccccc2)S(=O)(=O)c2ccccc2)c1. The minimum atomic E-state index is -3.81. The van der Waals surface area contributed by atoms with Crippen molar-refractivity contribution in [1.82, 2.24) is 5.32 Å². The van der Waals surface area contributed by atoms with Crippen molar-refractivity contribution in [3.8, 4) is 0 Å². The number of amides is 1. The molecule has 1 N–H and O–H groups in total. The van der Waals surface area contributed by atoms with Crippen LogP contribution >= 0.6 is 0 Å². The lowest BCUT2D eigenvalue weighted by Crippen LogP contribution is -2.39. The van der Waals surface area contributed by atoms with E-state index in [-0.39, 0.29) is 23.4 Å². The number of nitrogens with zero attached hydrogens (tertiary/aromatic N) is 1. The van der Waals surface area contributed by atoms with Crippen LogP contribution in [-0.4, -0.2) is 20.4 Å². The van der Waals surface area contributed by atoms with Gasteiger partial charge in [0, 0.05) is 11.6 Å². The second kappa shape index (κ2) is 8.71. The van der Waals surface area contributed by atoms with E-state index in [0.717, 1.165) is 24.8 Å². The Morgan fingerprint density at radius 1 is 0.900 bits per heavy atom. The lowest BCUT2D eigenvalue weighted by molar-refractivity contribution is 0.0917. The molecule has 0 saturated heterocycles. The van der Waals surface area contributed by atoms with Crippen LogP contribution in [0.25, 0.3) is 0 Å². The smallest absolute Gasteiger partial charge is 0.264 e. The van der Waals surface area contributed by atoms with Crippen LogP contribution in [0.3, 0.4) is 0 Å². The molecule has 0 aromatic heterocycles. The average Bonchev–Trinajstić information content (AvgIpc) is 2.76. The van der Waals surface area contributed by atoms with Crippen LogP contribution in [0.4, 0.5) is 5.69 Å². The maximum absolute atomic E-state index is 13.5. The van der Waals surface area contributed by atoms with Crippen molar-refractivity contribution in [2.75, 3.05) is 4.31 Å². The van der Waals surface area contributed by atoms with E-state index in [1.165, 1.54) is 4.31 Å². The lowest BCUT2D eigenvalue weighted by Gasteiger charge is -2.27. The van der Waals surface area contributed by atoms with Crippen molar-refractivity contribution < 1.29 is 13.2 Å². The molecule has 0 radical (unpaired) electrons. The van der Waals surface area contributed by atoms with Crippen LogP contribution in [0.5, 0.6) is 0 Å². The summed E-state index contributed by atoms with van der Waals surface area (Å²) in [4.78, 5) is 12.8. The van der Waals surface area contributed by atoms with E-state index in [4.69, 9.17) is 0 Å². The highest BCUT2D eigenvalue weighted by Crippen LogP contribution is 2.27. The molecule has 4 rings (SSSR count). The maximum Gasteiger partial charge on any atom is 0.264 e. The second-order valence-electron chi connectivity index (χ2n) is 7.46. The Bertz CT molecular complexity index is 1110. The van der Waals surface area contributed by atoms with Gasteiger partial charge in [-0.05, 0) is 55.2 Å². The molecule has 0 aliphatic heterocycles. The third-order valence-electron chi connectivity index (χ3n) is 5.34. The Labute approximate surface area is 177 Å². The number of sulfonamides is 1. The largest absolute Gasteiger partial charge is 0.349 e. The first-order valence-electron chi connectivity index (χ1n) is 10.1. The summed E-state index contributed by atoms with van der Waals surface area (Å²) >= 11 is 0. The summed E-state index contributed by atoms with van der Waals surface area (Å²) < 4.78 is 28.3. The number of hydrogen-bond donors (Lipinski definition) is 1. The summed E-state index contributed by atoms with van der Waals surface area (Å²) in [5, 5.41) is 3.01. The van der Waals surface area contributed by atoms with E-state index in [1.54, 1.807) is 54.6 Å². The third kappa shape index (κ3) is 4.39. The Hall–Kier alpha value is -3.12. The number of benzene rings is 3. The predicted molar refractivity (Wildman–Crippen MR) is 118 cm³/mol. The Kier molecular flexibility index (Phi) is 5.86. The molecule has 154 valence electrons. The van der Waals surface area contributed by atoms with Crippen molar-refractivity contribution in [3.63, 3.8) is 0 Å². The first-order valence-corrected chi connectivity index (χ1v) is 11.5. The first kappa shape index (κ1) is 20.2. The molecule has 1 aliphatic carbocycles. The fraction of sp³-hybridized carbons (Fsp3) is 0.208. The maximum atomic E-state index is 13.5. The molecular formula is C24H24N2O3S. The van der Waals surface area contributed by atoms with Gasteiger partial charge in [-0.2, -0.15) is 0 Å². The van der Waals surface area contributed by atoms with Gasteiger partial charge in [0.25, 0.3) is 15.9 Å². The molecule has 0 spiro atoms. The van der Waals surface area contributed by atoms with Crippen molar-refractivity contribution in [1.29, 1.82) is 0 Å². The van der Waals surface area contributed by atoms with Gasteiger partial charge >= 0.3 is 0 Å². The molecule has 0 atom stereocenters. The average molecular weight is 421 g/mol. The van der Waals surface area contributed by atoms with Crippen LogP contribution in [-0.2, 0) is 16.6 Å². The standard InChI is InChI=1S/C24H24N2O3S/c27-24(25-21-12-8-13-21)20-11-7-14-22(17-20)26(18-19-9-3-1-4-10-19)30(28,29)23-15-5-2-6-16-23/h1-7,9-11,14-17,21H,8,12-13,18H2,(H,25,27). The first-order chi connectivity index (χ1) is 14.5. The number of carbonyl (C=O) groups is 1. The Balaban J connectivity index is 1.70. The van der Waals surface area contributed by atoms with Crippen LogP contribution < -0.4 is 9.62 Å². The molecule has 1 aliphatic rings. The van der Waals surface area contributed by atoms with E-state index >= 15 is 0 Å². The van der Waals surface area contributed by atoms with Gasteiger partial charge in [0.1, 0.15) is 0 Å². The number of nitrogens with one attached hydrogen (secondary N) is 1. The van der Waals surface area contributed by atoms with Gasteiger partial charge in [-0.15, -0.1) is 0 Å². The molecule has 1 fully saturated rings. The van der Waals surface area contributed by atoms with Crippen LogP contribution in [0.1, 0.15) is 35.2 Å². The van der Waals surface area contributed by atoms with E-state index in [9.17, 15) is 13.2 Å². The number of hydrogen-bond acceptors (Lipinski definition) is 3. The van der Waals surface area contributed by atoms with Gasteiger partial charge in [-0.3, -0.25) is 9.10 Å². The zero-order valence-corrected chi connectivity index (χ0v) is 17.4. The molecular weight excluding hydrogens is 396 g/mol. The van der Waals surface area contributed by atoms with E-state index in [2.05, 4.69) is 5.32 Å². The van der Waals surface area contributed by atoms with Gasteiger partial charge in [0.2, 0.25) is 0 Å². The van der Waals surface area contributed by atoms with Crippen LogP contribution in [0, 0.1) is 0 Å². The Morgan fingerprint density at radius 2 is 1.57 bits per heavy atom. The summed E-state index contributed by atoms with van der Waals surface area (Å²) in [6.45, 7) is 0.172. The zero-order valence-electron chi connectivity index (χ0n) is 16.6. The van der Waals surface area contributed by atoms with Crippen molar-refractivity contribution in [2.45, 2.75) is 36.7 Å². The molecule has 1 amide bonds. The molecule has 3 aromatic carbocycles. The minimum absolute atomic E-state index is 0.168. The van der Waals surface area contributed by atoms with Crippen molar-refractivity contribution >= 4 is 21.6 Å². The second-order valence-corrected chi connectivity index (χ2v) is 9.32. The molecule has 1 saturated carbocycles. The number of carbonyl (C=O) groups excluding carboxylic acids is 1. The highest BCUT2D eigenvalue weighted by atomic mass is 32.2. The van der Waals surface area contributed by atoms with E-state index in [0.29, 0.717) is 11.3 Å². The topological polar surface area (TPSA) is 66.5 Å². The molecule has 0 bridgehead atoms. The summed E-state index contributed by atoms with van der Waals surface area (Å²) in [7, 11) is -3.81. The Morgan fingerprint density at radius 3 is 2.20 bits per heavy atom. The summed E-state index contributed by atoms with van der Waals surface area (Å²) in [5.41, 5.74) is 1.78. The van der Waals surface area contributed by atoms with Gasteiger partial charge < -0.3 is 5.32 Å². The molecule has 30 heavy (non-hydrogen) atoms. The fourth-order valence-corrected chi connectivity index (χ4v) is 4.87. The van der Waals surface area contributed by atoms with Gasteiger partial charge in [-0.1, -0.05) is 54.6 Å². The lowest BCUT2D eigenvalue weighted by atomic mass is 9.93. The monoisotopic (exact) mass is 420 g/mol. The van der Waals surface area contributed by atoms with Gasteiger partial charge in [-0.25, -0.2) is 8.42 Å². The van der Waals surface area contributed by atoms with Gasteiger partial charge in [0.15, 0.2) is 0 Å². The van der Waals surface area contributed by atoms with E-state index < -0.39 is 10.0 Å². The third-order valence-corrected chi connectivity index (χ3v) is 7.13. The highest BCUT2D eigenvalue weighted by Gasteiger charge is 2.26. The van der Waals surface area contributed by atoms with Crippen LogP contribution in [0.15, 0.2) is 89.8 Å². The molecule has 5 nitrogen and oxygen atoms in total. The van der Waals surface area contributed by atoms with E-state index in [1.807, 2.05) is 30.3 Å². The zero-order chi connectivity index (χ0) is 21.0. The quantitative estimate of drug-likeness (QED) is 0.617. The fourth-order valence-electron chi connectivity index (χ4n) is 3.41. The van der Waals surface area contributed by atoms with Crippen LogP contribution in [0.2, 0.25) is 0 Å². The highest BCUT2D eigenvalue weighted by molar-refractivity contribution is 7.92. The summed E-state index contributed by atoms with van der Waals surface area (Å²) in [6.07, 6.45) is 3.12. The van der Waals surface area contributed by atoms with Gasteiger partial charge in [0.05, 0.1) is 17.1 Å². The number of rotatable bonds is 7. The summed E-state index contributed by atoms with van der Waals surface area (Å²) in [6, 6.07) is 24.8. The summed E-state index contributed by atoms with van der Waals surface area (Å²) in [5.74, 6) is -0.168. The molecule has 6 heteroatoms. The predicted octanol–water partition coefficient (Wildman–Crippen LogP) is 4.36. The van der Waals surface area contributed by atoms with Crippen molar-refractivity contribution in [3.05, 3.63) is 96.1 Å². The van der Waals surface area contributed by atoms with Crippen molar-refractivity contribution in [2.24, 2.45) is 0 Å². The normalized spacial score (nSPS) is 14.0.